The van der Waals surface area contributed by atoms with Gasteiger partial charge in [-0.2, -0.15) is 0 Å². The molecule has 0 saturated carbocycles. The van der Waals surface area contributed by atoms with E-state index in [2.05, 4.69) is 10.6 Å². The quantitative estimate of drug-likeness (QED) is 0.843. The summed E-state index contributed by atoms with van der Waals surface area (Å²) in [6, 6.07) is 3.67. The number of rotatable bonds is 4. The lowest BCUT2D eigenvalue weighted by Gasteiger charge is -2.18. The third kappa shape index (κ3) is 3.27. The molecule has 4 nitrogen and oxygen atoms in total. The van der Waals surface area contributed by atoms with Gasteiger partial charge in [0.2, 0.25) is 5.91 Å². The number of ether oxygens (including phenoxy) is 1. The van der Waals surface area contributed by atoms with E-state index in [1.54, 1.807) is 7.11 Å². The van der Waals surface area contributed by atoms with E-state index in [0.29, 0.717) is 13.1 Å². The van der Waals surface area contributed by atoms with Crippen molar-refractivity contribution in [2.24, 2.45) is 0 Å². The molecule has 6 heteroatoms. The largest absolute Gasteiger partial charge is 0.378 e. The van der Waals surface area contributed by atoms with Gasteiger partial charge in [0.25, 0.3) is 0 Å². The van der Waals surface area contributed by atoms with Crippen molar-refractivity contribution in [1.82, 2.24) is 10.6 Å². The van der Waals surface area contributed by atoms with Crippen molar-refractivity contribution >= 4 is 5.91 Å². The van der Waals surface area contributed by atoms with Gasteiger partial charge in [-0.15, -0.1) is 0 Å². The normalized spacial score (nSPS) is 22.5. The fourth-order valence-electron chi connectivity index (χ4n) is 2.16. The summed E-state index contributed by atoms with van der Waals surface area (Å²) in [4.78, 5) is 11.8. The molecule has 0 bridgehead atoms. The van der Waals surface area contributed by atoms with Gasteiger partial charge >= 0.3 is 0 Å². The van der Waals surface area contributed by atoms with E-state index in [-0.39, 0.29) is 30.0 Å². The minimum absolute atomic E-state index is 0.0532. The summed E-state index contributed by atoms with van der Waals surface area (Å²) in [5.41, 5.74) is 0.0532. The molecule has 0 unspecified atom stereocenters. The zero-order valence-corrected chi connectivity index (χ0v) is 10.6. The van der Waals surface area contributed by atoms with Crippen molar-refractivity contribution < 1.29 is 18.3 Å². The summed E-state index contributed by atoms with van der Waals surface area (Å²) in [5.74, 6) is -2.26. The Bertz CT molecular complexity index is 468. The summed E-state index contributed by atoms with van der Waals surface area (Å²) in [5, 5.41) is 5.85. The average molecular weight is 270 g/mol. The van der Waals surface area contributed by atoms with Crippen molar-refractivity contribution in [3.05, 3.63) is 35.4 Å². The molecule has 2 atom stereocenters. The molecule has 0 aromatic heterocycles. The summed E-state index contributed by atoms with van der Waals surface area (Å²) in [7, 11) is 1.57. The van der Waals surface area contributed by atoms with Crippen molar-refractivity contribution in [3.63, 3.8) is 0 Å². The van der Waals surface area contributed by atoms with Crippen LogP contribution in [0.15, 0.2) is 18.2 Å². The number of nitrogens with one attached hydrogen (secondary N) is 2. The molecule has 1 aromatic rings. The van der Waals surface area contributed by atoms with E-state index in [0.717, 1.165) is 6.07 Å². The Morgan fingerprint density at radius 2 is 2.26 bits per heavy atom. The van der Waals surface area contributed by atoms with Crippen LogP contribution >= 0.6 is 0 Å². The Labute approximate surface area is 110 Å². The van der Waals surface area contributed by atoms with Crippen molar-refractivity contribution in [2.45, 2.75) is 18.6 Å². The lowest BCUT2D eigenvalue weighted by Crippen LogP contribution is -2.44. The van der Waals surface area contributed by atoms with Crippen LogP contribution in [0.3, 0.4) is 0 Å². The van der Waals surface area contributed by atoms with Gasteiger partial charge in [0.1, 0.15) is 0 Å². The fraction of sp³-hybridized carbons (Fsp3) is 0.462. The zero-order chi connectivity index (χ0) is 13.8. The molecule has 0 spiro atoms. The monoisotopic (exact) mass is 270 g/mol. The molecule has 1 amide bonds. The van der Waals surface area contributed by atoms with E-state index in [1.165, 1.54) is 12.1 Å². The van der Waals surface area contributed by atoms with Gasteiger partial charge in [-0.3, -0.25) is 4.79 Å². The predicted octanol–water partition coefficient (Wildman–Crippen LogP) is 0.610. The Kier molecular flexibility index (Phi) is 4.44. The Balaban J connectivity index is 1.96. The molecule has 1 aromatic carbocycles. The van der Waals surface area contributed by atoms with E-state index in [9.17, 15) is 13.6 Å². The summed E-state index contributed by atoms with van der Waals surface area (Å²) in [6.45, 7) is 1.27. The lowest BCUT2D eigenvalue weighted by molar-refractivity contribution is -0.121. The van der Waals surface area contributed by atoms with Gasteiger partial charge in [-0.05, 0) is 6.07 Å². The topological polar surface area (TPSA) is 50.4 Å². The van der Waals surface area contributed by atoms with Crippen molar-refractivity contribution in [1.29, 1.82) is 0 Å². The second-order valence-corrected chi connectivity index (χ2v) is 4.50. The highest BCUT2D eigenvalue weighted by Gasteiger charge is 2.28. The highest BCUT2D eigenvalue weighted by Crippen LogP contribution is 2.12. The molecular formula is C13H16F2N2O2. The Hall–Kier alpha value is -1.53. The number of hydrogen-bond donors (Lipinski definition) is 2. The molecule has 19 heavy (non-hydrogen) atoms. The number of methoxy groups -OCH3 is 1. The molecule has 1 fully saturated rings. The number of halogens is 2. The highest BCUT2D eigenvalue weighted by atomic mass is 19.2. The van der Waals surface area contributed by atoms with Crippen LogP contribution in [0.25, 0.3) is 0 Å². The molecular weight excluding hydrogens is 254 g/mol. The van der Waals surface area contributed by atoms with Gasteiger partial charge < -0.3 is 15.4 Å². The summed E-state index contributed by atoms with van der Waals surface area (Å²) < 4.78 is 31.6. The molecule has 1 saturated heterocycles. The standard InChI is InChI=1S/C13H16F2N2O2/c1-19-11-7-16-6-10(11)17-12(18)5-8-3-2-4-9(14)13(8)15/h2-4,10-11,16H,5-7H2,1H3,(H,17,18)/t10-,11+/m1/s1. The average Bonchev–Trinajstić information content (AvgIpc) is 2.82. The number of carbonyl (C=O) groups excluding carboxylic acids is 1. The van der Waals surface area contributed by atoms with E-state index in [1.807, 2.05) is 0 Å². The number of benzene rings is 1. The van der Waals surface area contributed by atoms with Crippen LogP contribution in [0, 0.1) is 11.6 Å². The predicted molar refractivity (Wildman–Crippen MR) is 65.7 cm³/mol. The van der Waals surface area contributed by atoms with Gasteiger partial charge in [0.15, 0.2) is 11.6 Å². The summed E-state index contributed by atoms with van der Waals surface area (Å²) in [6.07, 6.45) is -0.280. The molecule has 2 rings (SSSR count). The maximum absolute atomic E-state index is 13.4. The molecule has 1 aliphatic rings. The minimum Gasteiger partial charge on any atom is -0.378 e. The van der Waals surface area contributed by atoms with Gasteiger partial charge in [0.05, 0.1) is 18.6 Å². The van der Waals surface area contributed by atoms with Crippen LogP contribution in [0.4, 0.5) is 8.78 Å². The third-order valence-electron chi connectivity index (χ3n) is 3.19. The highest BCUT2D eigenvalue weighted by molar-refractivity contribution is 5.79. The smallest absolute Gasteiger partial charge is 0.224 e. The first kappa shape index (κ1) is 13.9. The van der Waals surface area contributed by atoms with Crippen molar-refractivity contribution in [2.75, 3.05) is 20.2 Å². The number of amides is 1. The molecule has 104 valence electrons. The second-order valence-electron chi connectivity index (χ2n) is 4.50. The van der Waals surface area contributed by atoms with E-state index in [4.69, 9.17) is 4.74 Å². The first-order valence-electron chi connectivity index (χ1n) is 6.07. The van der Waals surface area contributed by atoms with Gasteiger partial charge in [-0.1, -0.05) is 12.1 Å². The first-order chi connectivity index (χ1) is 9.11. The second kappa shape index (κ2) is 6.08. The van der Waals surface area contributed by atoms with Crippen LogP contribution in [0.1, 0.15) is 5.56 Å². The van der Waals surface area contributed by atoms with E-state index < -0.39 is 11.6 Å². The maximum Gasteiger partial charge on any atom is 0.224 e. The zero-order valence-electron chi connectivity index (χ0n) is 10.6. The third-order valence-corrected chi connectivity index (χ3v) is 3.19. The van der Waals surface area contributed by atoms with Crippen LogP contribution in [0.5, 0.6) is 0 Å². The SMILES string of the molecule is CO[C@H]1CNC[C@H]1NC(=O)Cc1cccc(F)c1F. The molecule has 2 N–H and O–H groups in total. The number of carbonyl (C=O) groups is 1. The minimum atomic E-state index is -0.967. The van der Waals surface area contributed by atoms with Gasteiger partial charge in [0, 0.05) is 25.8 Å². The Morgan fingerprint density at radius 3 is 3.00 bits per heavy atom. The number of hydrogen-bond acceptors (Lipinski definition) is 3. The fourth-order valence-corrected chi connectivity index (χ4v) is 2.16. The molecule has 1 heterocycles. The Morgan fingerprint density at radius 1 is 1.47 bits per heavy atom. The van der Waals surface area contributed by atoms with Crippen LogP contribution in [-0.2, 0) is 16.0 Å². The first-order valence-corrected chi connectivity index (χ1v) is 6.07. The summed E-state index contributed by atoms with van der Waals surface area (Å²) >= 11 is 0. The van der Waals surface area contributed by atoms with Crippen LogP contribution in [-0.4, -0.2) is 38.3 Å². The van der Waals surface area contributed by atoms with Crippen LogP contribution in [0.2, 0.25) is 0 Å². The maximum atomic E-state index is 13.4. The van der Waals surface area contributed by atoms with E-state index >= 15 is 0 Å². The molecule has 0 aliphatic carbocycles. The molecule has 1 aliphatic heterocycles. The lowest BCUT2D eigenvalue weighted by atomic mass is 10.1. The van der Waals surface area contributed by atoms with Gasteiger partial charge in [-0.25, -0.2) is 8.78 Å². The molecule has 0 radical (unpaired) electrons. The van der Waals surface area contributed by atoms with Crippen molar-refractivity contribution in [3.8, 4) is 0 Å². The van der Waals surface area contributed by atoms with Crippen LogP contribution < -0.4 is 10.6 Å².